The van der Waals surface area contributed by atoms with E-state index in [9.17, 15) is 0 Å². The molecule has 536 valence electrons. The van der Waals surface area contributed by atoms with Crippen LogP contribution in [0.4, 0.5) is 0 Å². The van der Waals surface area contributed by atoms with Crippen LogP contribution in [0.15, 0.2) is 55.0 Å². The molecule has 0 fully saturated rings. The van der Waals surface area contributed by atoms with Crippen molar-refractivity contribution in [3.8, 4) is 56.3 Å². The van der Waals surface area contributed by atoms with Crippen LogP contribution in [0.3, 0.4) is 0 Å². The minimum absolute atomic E-state index is 1.31. The molecule has 0 saturated heterocycles. The van der Waals surface area contributed by atoms with Gasteiger partial charge in [0.15, 0.2) is 30.0 Å². The average molecular weight is 1360 g/mol. The second-order valence-electron chi connectivity index (χ2n) is 31.0. The van der Waals surface area contributed by atoms with Gasteiger partial charge in [0, 0.05) is 81.6 Å². The van der Waals surface area contributed by atoms with Crippen LogP contribution in [-0.2, 0) is 35.2 Å². The minimum Gasteiger partial charge on any atom is -0.201 e. The first-order valence-electron chi connectivity index (χ1n) is 36.9. The fourth-order valence-corrected chi connectivity index (χ4v) is 15.6. The molecule has 0 bridgehead atoms. The molecule has 10 rings (SSSR count). The first-order chi connectivity index (χ1) is 46.7. The third kappa shape index (κ3) is 15.9. The van der Waals surface area contributed by atoms with Crippen LogP contribution < -0.4 is 22.8 Å². The summed E-state index contributed by atoms with van der Waals surface area (Å²) in [6, 6.07) is 13.9. The van der Waals surface area contributed by atoms with Crippen molar-refractivity contribution in [1.82, 2.24) is 0 Å². The second-order valence-corrected chi connectivity index (χ2v) is 31.0. The summed E-state index contributed by atoms with van der Waals surface area (Å²) < 4.78 is 11.5. The van der Waals surface area contributed by atoms with Crippen LogP contribution >= 0.6 is 0 Å². The van der Waals surface area contributed by atoms with Gasteiger partial charge in [0.2, 0.25) is 28.5 Å². The molecule has 0 radical (unpaired) electrons. The van der Waals surface area contributed by atoms with E-state index in [4.69, 9.17) is 0 Å². The molecule has 5 heterocycles. The first-order valence-corrected chi connectivity index (χ1v) is 36.9. The SMILES string of the molecule is Cc1c[n+](C)c(-c2c(C)c(C)c(C)c(C)c2C)c(C)c1C.Cc1cc(-c2c(C)c(C)c(C)c[n+]2C)c(C)c(C)c1C.Cc1cc(-c2cc(C)c(C)c(C)[n+]2C)c(C)c(C)c1C.Cc1cc(C)c(-c2c(C)c(C)c(C)c[n+]2C)c(C)c1C.Cc1cc(C)c(-c2cc(C)c(C)c(C)[n+]2C)c(C)c1C. The molecule has 5 aromatic heterocycles. The summed E-state index contributed by atoms with van der Waals surface area (Å²) >= 11 is 0. The molecule has 0 amide bonds. The Labute approximate surface area is 615 Å². The number of hydrogen-bond donors (Lipinski definition) is 0. The van der Waals surface area contributed by atoms with Gasteiger partial charge in [0.1, 0.15) is 35.2 Å². The van der Waals surface area contributed by atoms with Gasteiger partial charge < -0.3 is 0 Å². The first kappa shape index (κ1) is 81.8. The third-order valence-corrected chi connectivity index (χ3v) is 25.4. The standard InChI is InChI=1S/C20H28N.4C19H26N/c1-11-10-21(9)20(18(8)12(11)2)19-16(6)14(4)13(3)15(5)17(19)7;1-11-9-18(16(6)15(5)13(11)3)19-17(7)14(4)12(2)10-20(19)8;1-11-9-18(16(6)15(5)13(11)3)19-10-12(2)14(4)17(7)20(19)8;1-11-9-13(3)19(16(6)14(11)4)18-10-12(2)15(5)17(7)20(18)8;1-11-9-12(2)18(16(6)14(11)4)19-17(7)15(5)13(3)10-20(19)8/h10H,1-9H3;4*9-10H,1-8H3/q5*+1. The summed E-state index contributed by atoms with van der Waals surface area (Å²) in [6.07, 6.45) is 6.73. The number of rotatable bonds is 5. The number of nitrogens with zero attached hydrogens (tertiary/aromatic N) is 5. The number of benzene rings is 5. The summed E-state index contributed by atoms with van der Waals surface area (Å²) in [5.74, 6) is 0. The molecular weight excluding hydrogens is 1220 g/mol. The van der Waals surface area contributed by atoms with E-state index in [0.29, 0.717) is 0 Å². The topological polar surface area (TPSA) is 19.4 Å². The summed E-state index contributed by atoms with van der Waals surface area (Å²) in [7, 11) is 10.8. The Morgan fingerprint density at radius 2 is 0.416 bits per heavy atom. The Hall–Kier alpha value is -8.15. The van der Waals surface area contributed by atoms with Crippen molar-refractivity contribution in [3.63, 3.8) is 0 Å². The Morgan fingerprint density at radius 1 is 0.168 bits per heavy atom. The highest BCUT2D eigenvalue weighted by atomic mass is 15.0. The molecule has 0 saturated carbocycles. The van der Waals surface area contributed by atoms with Crippen molar-refractivity contribution < 1.29 is 22.8 Å². The molecule has 10 aromatic rings. The lowest BCUT2D eigenvalue weighted by molar-refractivity contribution is -0.667. The zero-order valence-corrected chi connectivity index (χ0v) is 71.4. The Balaban J connectivity index is 0.000000199. The van der Waals surface area contributed by atoms with E-state index in [1.807, 2.05) is 0 Å². The number of hydrogen-bond acceptors (Lipinski definition) is 0. The van der Waals surface area contributed by atoms with Gasteiger partial charge in [0.25, 0.3) is 0 Å². The van der Waals surface area contributed by atoms with Gasteiger partial charge in [-0.1, -0.05) is 12.1 Å². The van der Waals surface area contributed by atoms with Crippen molar-refractivity contribution in [1.29, 1.82) is 0 Å². The fourth-order valence-electron chi connectivity index (χ4n) is 15.6. The van der Waals surface area contributed by atoms with Crippen LogP contribution in [0.1, 0.15) is 201 Å². The van der Waals surface area contributed by atoms with Crippen LogP contribution in [0.25, 0.3) is 56.3 Å². The van der Waals surface area contributed by atoms with Crippen molar-refractivity contribution in [3.05, 3.63) is 256 Å². The van der Waals surface area contributed by atoms with Gasteiger partial charge in [-0.25, -0.2) is 13.7 Å². The van der Waals surface area contributed by atoms with Crippen LogP contribution in [0.5, 0.6) is 0 Å². The number of pyridine rings is 5. The van der Waals surface area contributed by atoms with Crippen molar-refractivity contribution in [2.45, 2.75) is 249 Å². The maximum atomic E-state index is 2.34. The van der Waals surface area contributed by atoms with E-state index in [1.165, 1.54) is 257 Å². The summed E-state index contributed by atoms with van der Waals surface area (Å²) in [5.41, 5.74) is 63.7. The van der Waals surface area contributed by atoms with Gasteiger partial charge >= 0.3 is 0 Å². The number of aryl methyl sites for hydroxylation is 14. The van der Waals surface area contributed by atoms with E-state index in [1.54, 1.807) is 0 Å². The smallest absolute Gasteiger partial charge is 0.201 e. The van der Waals surface area contributed by atoms with Gasteiger partial charge in [-0.2, -0.15) is 9.13 Å². The maximum Gasteiger partial charge on any atom is 0.216 e. The van der Waals surface area contributed by atoms with E-state index < -0.39 is 0 Å². The van der Waals surface area contributed by atoms with Gasteiger partial charge in [-0.3, -0.25) is 0 Å². The predicted octanol–water partition coefficient (Wildman–Crippen LogP) is 22.0. The van der Waals surface area contributed by atoms with Gasteiger partial charge in [-0.15, -0.1) is 0 Å². The highest BCUT2D eigenvalue weighted by Gasteiger charge is 2.28. The van der Waals surface area contributed by atoms with E-state index >= 15 is 0 Å². The van der Waals surface area contributed by atoms with Crippen LogP contribution in [0.2, 0.25) is 0 Å². The molecule has 0 aliphatic heterocycles. The fraction of sp³-hybridized carbons (Fsp3) is 0.427. The summed E-state index contributed by atoms with van der Waals surface area (Å²) in [4.78, 5) is 0. The van der Waals surface area contributed by atoms with Crippen molar-refractivity contribution in [2.24, 2.45) is 35.2 Å². The lowest BCUT2D eigenvalue weighted by Crippen LogP contribution is -2.36. The maximum absolute atomic E-state index is 2.34. The van der Waals surface area contributed by atoms with Crippen molar-refractivity contribution in [2.75, 3.05) is 0 Å². The van der Waals surface area contributed by atoms with E-state index in [-0.39, 0.29) is 0 Å². The molecule has 0 unspecified atom stereocenters. The molecular formula is C96H132N5+5. The molecule has 0 aliphatic carbocycles. The lowest BCUT2D eigenvalue weighted by Gasteiger charge is -2.19. The van der Waals surface area contributed by atoms with E-state index in [2.05, 4.69) is 362 Å². The zero-order valence-electron chi connectivity index (χ0n) is 71.4. The molecule has 0 N–H and O–H groups in total. The van der Waals surface area contributed by atoms with E-state index in [0.717, 1.165) is 0 Å². The quantitative estimate of drug-likeness (QED) is 0.153. The van der Waals surface area contributed by atoms with Crippen LogP contribution in [0, 0.1) is 249 Å². The van der Waals surface area contributed by atoms with Gasteiger partial charge in [-0.05, 0) is 392 Å². The summed E-state index contributed by atoms with van der Waals surface area (Å²) in [5, 5.41) is 0. The van der Waals surface area contributed by atoms with Gasteiger partial charge in [0.05, 0.1) is 16.7 Å². The lowest BCUT2D eigenvalue weighted by atomic mass is 9.86. The largest absolute Gasteiger partial charge is 0.216 e. The zero-order chi connectivity index (χ0) is 76.8. The molecule has 101 heavy (non-hydrogen) atoms. The Kier molecular flexibility index (Phi) is 25.9. The number of aromatic nitrogens is 5. The predicted molar refractivity (Wildman–Crippen MR) is 436 cm³/mol. The molecule has 0 aliphatic rings. The van der Waals surface area contributed by atoms with Crippen LogP contribution in [-0.4, -0.2) is 0 Å². The third-order valence-electron chi connectivity index (χ3n) is 25.4. The molecule has 0 atom stereocenters. The normalized spacial score (nSPS) is 11.0. The molecule has 5 heteroatoms. The highest BCUT2D eigenvalue weighted by molar-refractivity contribution is 5.75. The minimum atomic E-state index is 1.31. The second kappa shape index (κ2) is 32.0. The average Bonchev–Trinajstić information content (AvgIpc) is 0.779. The molecule has 5 aromatic carbocycles. The Bertz CT molecular complexity index is 4680. The molecule has 0 spiro atoms. The highest BCUT2D eigenvalue weighted by Crippen LogP contribution is 2.38. The monoisotopic (exact) mass is 1360 g/mol. The Morgan fingerprint density at radius 3 is 0.822 bits per heavy atom. The van der Waals surface area contributed by atoms with Crippen molar-refractivity contribution >= 4 is 0 Å². The molecule has 5 nitrogen and oxygen atoms in total. The summed E-state index contributed by atoms with van der Waals surface area (Å²) in [6.45, 7) is 80.0.